The second-order valence-electron chi connectivity index (χ2n) is 4.86. The fourth-order valence-electron chi connectivity index (χ4n) is 2.12. The summed E-state index contributed by atoms with van der Waals surface area (Å²) in [7, 11) is 1.70. The van der Waals surface area contributed by atoms with Gasteiger partial charge in [-0.05, 0) is 39.0 Å². The van der Waals surface area contributed by atoms with E-state index in [1.165, 1.54) is 6.92 Å². The fraction of sp³-hybridized carbons (Fsp3) is 0.714. The van der Waals surface area contributed by atoms with Crippen molar-refractivity contribution in [1.82, 2.24) is 0 Å². The fourth-order valence-corrected chi connectivity index (χ4v) is 2.12. The summed E-state index contributed by atoms with van der Waals surface area (Å²) < 4.78 is 10.6. The van der Waals surface area contributed by atoms with E-state index in [2.05, 4.69) is 0 Å². The third kappa shape index (κ3) is 5.87. The van der Waals surface area contributed by atoms with E-state index < -0.39 is 5.97 Å². The average molecular weight is 270 g/mol. The van der Waals surface area contributed by atoms with Crippen LogP contribution in [0.4, 0.5) is 0 Å². The molecular weight excluding hydrogens is 248 g/mol. The molecule has 0 atom stereocenters. The average Bonchev–Trinajstić information content (AvgIpc) is 2.39. The summed E-state index contributed by atoms with van der Waals surface area (Å²) in [5.74, 6) is -1.21. The highest BCUT2D eigenvalue weighted by Gasteiger charge is 2.23. The molecule has 1 rings (SSSR count). The molecular formula is C14H22O5. The lowest BCUT2D eigenvalue weighted by molar-refractivity contribution is -0.151. The van der Waals surface area contributed by atoms with Crippen molar-refractivity contribution in [3.63, 3.8) is 0 Å². The smallest absolute Gasteiger partial charge is 0.330 e. The van der Waals surface area contributed by atoms with Crippen molar-refractivity contribution in [1.29, 1.82) is 0 Å². The Kier molecular flexibility index (Phi) is 6.56. The number of allylic oxidation sites excluding steroid dienone is 1. The number of methoxy groups -OCH3 is 1. The second kappa shape index (κ2) is 7.94. The van der Waals surface area contributed by atoms with Crippen LogP contribution in [-0.4, -0.2) is 36.4 Å². The van der Waals surface area contributed by atoms with E-state index >= 15 is 0 Å². The van der Waals surface area contributed by atoms with Crippen LogP contribution in [0.25, 0.3) is 0 Å². The minimum atomic E-state index is -0.953. The molecule has 0 radical (unpaired) electrons. The van der Waals surface area contributed by atoms with Gasteiger partial charge in [0.2, 0.25) is 0 Å². The Labute approximate surface area is 113 Å². The van der Waals surface area contributed by atoms with Crippen LogP contribution in [0.3, 0.4) is 0 Å². The zero-order valence-corrected chi connectivity index (χ0v) is 11.6. The molecule has 0 saturated heterocycles. The molecule has 1 aliphatic rings. The SMILES string of the molecule is COC1CCC(OC(=O)CCC=C(C)C(=O)O)CC1. The Bertz CT molecular complexity index is 340. The number of carbonyl (C=O) groups excluding carboxylic acids is 1. The Balaban J connectivity index is 2.21. The number of carboxylic acid groups (broad SMARTS) is 1. The van der Waals surface area contributed by atoms with Crippen LogP contribution in [-0.2, 0) is 19.1 Å². The first-order chi connectivity index (χ1) is 9.02. The maximum absolute atomic E-state index is 11.6. The highest BCUT2D eigenvalue weighted by Crippen LogP contribution is 2.23. The van der Waals surface area contributed by atoms with Gasteiger partial charge in [-0.15, -0.1) is 0 Å². The first kappa shape index (κ1) is 15.7. The number of esters is 1. The minimum absolute atomic E-state index is 0.0107. The molecule has 1 saturated carbocycles. The Hall–Kier alpha value is -1.36. The van der Waals surface area contributed by atoms with Gasteiger partial charge >= 0.3 is 11.9 Å². The Morgan fingerprint density at radius 3 is 2.32 bits per heavy atom. The Morgan fingerprint density at radius 1 is 1.21 bits per heavy atom. The third-order valence-electron chi connectivity index (χ3n) is 3.39. The van der Waals surface area contributed by atoms with Crippen molar-refractivity contribution >= 4 is 11.9 Å². The van der Waals surface area contributed by atoms with Crippen molar-refractivity contribution in [2.45, 2.75) is 57.7 Å². The lowest BCUT2D eigenvalue weighted by Gasteiger charge is -2.27. The van der Waals surface area contributed by atoms with Gasteiger partial charge in [0.15, 0.2) is 0 Å². The lowest BCUT2D eigenvalue weighted by atomic mass is 9.95. The van der Waals surface area contributed by atoms with Crippen LogP contribution in [0.1, 0.15) is 45.4 Å². The van der Waals surface area contributed by atoms with Crippen LogP contribution < -0.4 is 0 Å². The molecule has 0 amide bonds. The quantitative estimate of drug-likeness (QED) is 0.592. The van der Waals surface area contributed by atoms with E-state index in [-0.39, 0.29) is 30.2 Å². The summed E-state index contributed by atoms with van der Waals surface area (Å²) in [6.45, 7) is 1.51. The summed E-state index contributed by atoms with van der Waals surface area (Å²) >= 11 is 0. The standard InChI is InChI=1S/C14H22O5/c1-10(14(16)17)4-3-5-13(15)19-12-8-6-11(18-2)7-9-12/h4,11-12H,3,5-9H2,1-2H3,(H,16,17). The van der Waals surface area contributed by atoms with Gasteiger partial charge in [-0.25, -0.2) is 4.79 Å². The number of ether oxygens (including phenoxy) is 2. The maximum atomic E-state index is 11.6. The van der Waals surface area contributed by atoms with E-state index in [4.69, 9.17) is 14.6 Å². The Morgan fingerprint density at radius 2 is 1.79 bits per heavy atom. The highest BCUT2D eigenvalue weighted by atomic mass is 16.5. The molecule has 0 aromatic heterocycles. The summed E-state index contributed by atoms with van der Waals surface area (Å²) in [6, 6.07) is 0. The topological polar surface area (TPSA) is 72.8 Å². The molecule has 0 bridgehead atoms. The molecule has 19 heavy (non-hydrogen) atoms. The van der Waals surface area contributed by atoms with Gasteiger partial charge in [-0.3, -0.25) is 4.79 Å². The van der Waals surface area contributed by atoms with E-state index in [1.807, 2.05) is 0 Å². The third-order valence-corrected chi connectivity index (χ3v) is 3.39. The van der Waals surface area contributed by atoms with Crippen molar-refractivity contribution in [3.8, 4) is 0 Å². The molecule has 5 nitrogen and oxygen atoms in total. The van der Waals surface area contributed by atoms with Gasteiger partial charge < -0.3 is 14.6 Å². The summed E-state index contributed by atoms with van der Waals surface area (Å²) in [4.78, 5) is 22.1. The van der Waals surface area contributed by atoms with Gasteiger partial charge in [-0.1, -0.05) is 6.08 Å². The predicted octanol–water partition coefficient (Wildman–Crippen LogP) is 2.30. The van der Waals surface area contributed by atoms with Crippen LogP contribution >= 0.6 is 0 Å². The van der Waals surface area contributed by atoms with E-state index in [0.29, 0.717) is 6.42 Å². The zero-order chi connectivity index (χ0) is 14.3. The molecule has 0 aromatic rings. The predicted molar refractivity (Wildman–Crippen MR) is 69.8 cm³/mol. The summed E-state index contributed by atoms with van der Waals surface area (Å²) in [6.07, 6.45) is 5.99. The van der Waals surface area contributed by atoms with Gasteiger partial charge in [0, 0.05) is 19.1 Å². The van der Waals surface area contributed by atoms with E-state index in [1.54, 1.807) is 13.2 Å². The van der Waals surface area contributed by atoms with Crippen LogP contribution in [0.15, 0.2) is 11.6 Å². The summed E-state index contributed by atoms with van der Waals surface area (Å²) in [5.41, 5.74) is 0.258. The van der Waals surface area contributed by atoms with Gasteiger partial charge in [0.1, 0.15) is 6.10 Å². The molecule has 0 aliphatic heterocycles. The van der Waals surface area contributed by atoms with E-state index in [9.17, 15) is 9.59 Å². The number of rotatable bonds is 6. The van der Waals surface area contributed by atoms with Crippen molar-refractivity contribution in [2.24, 2.45) is 0 Å². The molecule has 0 unspecified atom stereocenters. The maximum Gasteiger partial charge on any atom is 0.330 e. The zero-order valence-electron chi connectivity index (χ0n) is 11.6. The number of hydrogen-bond donors (Lipinski definition) is 1. The monoisotopic (exact) mass is 270 g/mol. The second-order valence-corrected chi connectivity index (χ2v) is 4.86. The first-order valence-electron chi connectivity index (χ1n) is 6.65. The van der Waals surface area contributed by atoms with Crippen LogP contribution in [0.5, 0.6) is 0 Å². The number of carbonyl (C=O) groups is 2. The molecule has 1 N–H and O–H groups in total. The van der Waals surface area contributed by atoms with E-state index in [0.717, 1.165) is 25.7 Å². The molecule has 108 valence electrons. The molecule has 1 fully saturated rings. The minimum Gasteiger partial charge on any atom is -0.478 e. The van der Waals surface area contributed by atoms with Crippen LogP contribution in [0.2, 0.25) is 0 Å². The number of carboxylic acids is 1. The molecule has 0 spiro atoms. The normalized spacial score (nSPS) is 24.0. The highest BCUT2D eigenvalue weighted by molar-refractivity contribution is 5.85. The summed E-state index contributed by atoms with van der Waals surface area (Å²) in [5, 5.41) is 8.66. The largest absolute Gasteiger partial charge is 0.478 e. The number of hydrogen-bond acceptors (Lipinski definition) is 4. The molecule has 5 heteroatoms. The van der Waals surface area contributed by atoms with Crippen LogP contribution in [0, 0.1) is 0 Å². The van der Waals surface area contributed by atoms with Crippen molar-refractivity contribution in [3.05, 3.63) is 11.6 Å². The van der Waals surface area contributed by atoms with Gasteiger partial charge in [-0.2, -0.15) is 0 Å². The van der Waals surface area contributed by atoms with Gasteiger partial charge in [0.25, 0.3) is 0 Å². The first-order valence-corrected chi connectivity index (χ1v) is 6.65. The van der Waals surface area contributed by atoms with Crippen molar-refractivity contribution < 1.29 is 24.2 Å². The van der Waals surface area contributed by atoms with Gasteiger partial charge in [0.05, 0.1) is 6.10 Å². The molecule has 1 aliphatic carbocycles. The molecule has 0 aromatic carbocycles. The van der Waals surface area contributed by atoms with Crippen molar-refractivity contribution in [2.75, 3.05) is 7.11 Å². The lowest BCUT2D eigenvalue weighted by Crippen LogP contribution is -2.27. The number of aliphatic carboxylic acids is 1. The molecule has 0 heterocycles.